The number of nitrogens with zero attached hydrogens (tertiary/aromatic N) is 2. The lowest BCUT2D eigenvalue weighted by Gasteiger charge is -2.26. The highest BCUT2D eigenvalue weighted by Crippen LogP contribution is 2.29. The number of hydrogen-bond donors (Lipinski definition) is 2. The second-order valence-electron chi connectivity index (χ2n) is 4.35. The molecule has 1 aliphatic heterocycles. The molecule has 0 bridgehead atoms. The number of carbonyl (C=O) groups is 1. The molecular formula is C15H25N3O3. The second-order valence-corrected chi connectivity index (χ2v) is 4.35. The maximum absolute atomic E-state index is 11.9. The zero-order valence-electron chi connectivity index (χ0n) is 13.0. The van der Waals surface area contributed by atoms with E-state index < -0.39 is 18.2 Å². The summed E-state index contributed by atoms with van der Waals surface area (Å²) in [6.07, 6.45) is 2.54. The lowest BCUT2D eigenvalue weighted by Crippen LogP contribution is -2.39. The summed E-state index contributed by atoms with van der Waals surface area (Å²) in [6, 6.07) is 2.11. The van der Waals surface area contributed by atoms with Crippen molar-refractivity contribution in [2.45, 2.75) is 45.9 Å². The fourth-order valence-corrected chi connectivity index (χ4v) is 1.91. The van der Waals surface area contributed by atoms with Gasteiger partial charge in [-0.15, -0.1) is 0 Å². The summed E-state index contributed by atoms with van der Waals surface area (Å²) in [5, 5.41) is 18.2. The van der Waals surface area contributed by atoms with Crippen LogP contribution in [0, 0.1) is 17.2 Å². The maximum Gasteiger partial charge on any atom is 0.228 e. The topological polar surface area (TPSA) is 99.6 Å². The summed E-state index contributed by atoms with van der Waals surface area (Å²) in [5.74, 6) is -0.648. The zero-order valence-corrected chi connectivity index (χ0v) is 13.0. The highest BCUT2D eigenvalue weighted by molar-refractivity contribution is 5.77. The molecule has 2 unspecified atom stereocenters. The van der Waals surface area contributed by atoms with Gasteiger partial charge in [0.2, 0.25) is 5.91 Å². The van der Waals surface area contributed by atoms with Gasteiger partial charge >= 0.3 is 0 Å². The summed E-state index contributed by atoms with van der Waals surface area (Å²) >= 11 is 0. The van der Waals surface area contributed by atoms with Crippen molar-refractivity contribution in [2.24, 2.45) is 11.7 Å². The van der Waals surface area contributed by atoms with Gasteiger partial charge in [0.1, 0.15) is 0 Å². The Bertz CT molecular complexity index is 415. The first-order valence-corrected chi connectivity index (χ1v) is 7.13. The molecular weight excluding hydrogens is 270 g/mol. The number of rotatable bonds is 5. The average molecular weight is 295 g/mol. The molecule has 1 saturated heterocycles. The largest absolute Gasteiger partial charge is 0.399 e. The molecule has 0 aromatic heterocycles. The molecule has 1 heterocycles. The third-order valence-electron chi connectivity index (χ3n) is 2.88. The Hall–Kier alpha value is -1.84. The summed E-state index contributed by atoms with van der Waals surface area (Å²) < 4.78 is 5.54. The minimum absolute atomic E-state index is 0.170. The summed E-state index contributed by atoms with van der Waals surface area (Å²) in [6.45, 7) is 9.07. The van der Waals surface area contributed by atoms with E-state index in [0.717, 1.165) is 0 Å². The van der Waals surface area contributed by atoms with Crippen molar-refractivity contribution < 1.29 is 14.6 Å². The van der Waals surface area contributed by atoms with Gasteiger partial charge in [0.15, 0.2) is 6.23 Å². The van der Waals surface area contributed by atoms with E-state index in [2.05, 4.69) is 12.6 Å². The third kappa shape index (κ3) is 5.58. The zero-order chi connectivity index (χ0) is 16.4. The number of aliphatic hydroxyl groups is 1. The van der Waals surface area contributed by atoms with Gasteiger partial charge in [0, 0.05) is 18.3 Å². The smallest absolute Gasteiger partial charge is 0.228 e. The van der Waals surface area contributed by atoms with E-state index in [1.54, 1.807) is 6.92 Å². The maximum atomic E-state index is 11.9. The predicted molar refractivity (Wildman–Crippen MR) is 80.4 cm³/mol. The monoisotopic (exact) mass is 295 g/mol. The number of aliphatic hydroxyl groups excluding tert-OH is 1. The van der Waals surface area contributed by atoms with Crippen LogP contribution in [0.5, 0.6) is 0 Å². The quantitative estimate of drug-likeness (QED) is 0.748. The standard InChI is InChI=1S/C13H19N3O3.C2H6/c1-3-12(18)16(5-4-9(2)15)13-10(7-14)6-11(8-17)19-13;1-2/h4-5,10-11,13,17H,2-3,6,8,15H2,1H3;1-2H3/b5-4-;/t10?,11-,13?;/m0./s1. The van der Waals surface area contributed by atoms with Crippen LogP contribution in [0.4, 0.5) is 0 Å². The van der Waals surface area contributed by atoms with Crippen LogP contribution in [0.2, 0.25) is 0 Å². The molecule has 6 nitrogen and oxygen atoms in total. The first-order valence-electron chi connectivity index (χ1n) is 7.13. The Kier molecular flexibility index (Phi) is 9.10. The van der Waals surface area contributed by atoms with Crippen molar-refractivity contribution in [1.29, 1.82) is 5.26 Å². The van der Waals surface area contributed by atoms with Crippen molar-refractivity contribution in [3.8, 4) is 6.07 Å². The van der Waals surface area contributed by atoms with Crippen molar-refractivity contribution in [1.82, 2.24) is 4.90 Å². The molecule has 1 rings (SSSR count). The van der Waals surface area contributed by atoms with Gasteiger partial charge in [0.05, 0.1) is 24.7 Å². The third-order valence-corrected chi connectivity index (χ3v) is 2.88. The molecule has 1 fully saturated rings. The first kappa shape index (κ1) is 19.2. The SMILES string of the molecule is C=C(N)/C=C\N(C(=O)CC)C1O[C@H](CO)CC1C#N.CC. The molecule has 6 heteroatoms. The van der Waals surface area contributed by atoms with E-state index in [0.29, 0.717) is 12.1 Å². The van der Waals surface area contributed by atoms with E-state index in [9.17, 15) is 4.79 Å². The minimum Gasteiger partial charge on any atom is -0.399 e. The number of nitrogens with two attached hydrogens (primary N) is 1. The number of nitriles is 1. The van der Waals surface area contributed by atoms with Crippen LogP contribution in [0.15, 0.2) is 24.6 Å². The number of allylic oxidation sites excluding steroid dienone is 1. The van der Waals surface area contributed by atoms with Crippen LogP contribution in [0.25, 0.3) is 0 Å². The van der Waals surface area contributed by atoms with Crippen LogP contribution in [-0.2, 0) is 9.53 Å². The van der Waals surface area contributed by atoms with Crippen LogP contribution in [0.3, 0.4) is 0 Å². The second kappa shape index (κ2) is 9.97. The number of amides is 1. The van der Waals surface area contributed by atoms with Gasteiger partial charge in [-0.25, -0.2) is 0 Å². The van der Waals surface area contributed by atoms with Gasteiger partial charge in [-0.3, -0.25) is 9.69 Å². The molecule has 0 aromatic carbocycles. The molecule has 1 amide bonds. The van der Waals surface area contributed by atoms with Crippen molar-refractivity contribution in [2.75, 3.05) is 6.61 Å². The van der Waals surface area contributed by atoms with Crippen molar-refractivity contribution in [3.05, 3.63) is 24.6 Å². The lowest BCUT2D eigenvalue weighted by atomic mass is 10.0. The molecule has 21 heavy (non-hydrogen) atoms. The van der Waals surface area contributed by atoms with E-state index in [4.69, 9.17) is 20.8 Å². The van der Waals surface area contributed by atoms with E-state index in [1.807, 2.05) is 13.8 Å². The summed E-state index contributed by atoms with van der Waals surface area (Å²) in [5.41, 5.74) is 5.74. The van der Waals surface area contributed by atoms with Crippen LogP contribution >= 0.6 is 0 Å². The molecule has 3 atom stereocenters. The summed E-state index contributed by atoms with van der Waals surface area (Å²) in [4.78, 5) is 13.3. The van der Waals surface area contributed by atoms with Gasteiger partial charge in [-0.1, -0.05) is 27.4 Å². The number of ether oxygens (including phenoxy) is 1. The first-order chi connectivity index (χ1) is 10.0. The Labute approximate surface area is 126 Å². The van der Waals surface area contributed by atoms with Crippen molar-refractivity contribution in [3.63, 3.8) is 0 Å². The van der Waals surface area contributed by atoms with E-state index in [-0.39, 0.29) is 18.9 Å². The Morgan fingerprint density at radius 2 is 2.24 bits per heavy atom. The van der Waals surface area contributed by atoms with Gasteiger partial charge in [0.25, 0.3) is 0 Å². The minimum atomic E-state index is -0.690. The molecule has 3 N–H and O–H groups in total. The number of hydrogen-bond acceptors (Lipinski definition) is 5. The highest BCUT2D eigenvalue weighted by Gasteiger charge is 2.39. The Morgan fingerprint density at radius 3 is 2.67 bits per heavy atom. The molecule has 0 aromatic rings. The Morgan fingerprint density at radius 1 is 1.62 bits per heavy atom. The van der Waals surface area contributed by atoms with Gasteiger partial charge in [-0.2, -0.15) is 5.26 Å². The normalized spacial score (nSPS) is 24.0. The van der Waals surface area contributed by atoms with E-state index >= 15 is 0 Å². The van der Waals surface area contributed by atoms with Crippen LogP contribution in [-0.4, -0.2) is 34.9 Å². The van der Waals surface area contributed by atoms with E-state index in [1.165, 1.54) is 17.2 Å². The van der Waals surface area contributed by atoms with Gasteiger partial charge in [-0.05, 0) is 12.5 Å². The molecule has 0 radical (unpaired) electrons. The fourth-order valence-electron chi connectivity index (χ4n) is 1.91. The molecule has 1 aliphatic rings. The molecule has 0 spiro atoms. The molecule has 118 valence electrons. The molecule has 0 saturated carbocycles. The van der Waals surface area contributed by atoms with Crippen LogP contribution in [0.1, 0.15) is 33.6 Å². The summed E-state index contributed by atoms with van der Waals surface area (Å²) in [7, 11) is 0. The fraction of sp³-hybridized carbons (Fsp3) is 0.600. The number of carbonyl (C=O) groups excluding carboxylic acids is 1. The molecule has 0 aliphatic carbocycles. The van der Waals surface area contributed by atoms with Crippen LogP contribution < -0.4 is 5.73 Å². The highest BCUT2D eigenvalue weighted by atomic mass is 16.5. The van der Waals surface area contributed by atoms with Gasteiger partial charge < -0.3 is 15.6 Å². The predicted octanol–water partition coefficient (Wildman–Crippen LogP) is 1.48. The van der Waals surface area contributed by atoms with Crippen molar-refractivity contribution >= 4 is 5.91 Å². The average Bonchev–Trinajstić information content (AvgIpc) is 2.92. The Balaban J connectivity index is 0.00000191. The lowest BCUT2D eigenvalue weighted by molar-refractivity contribution is -0.141.